The van der Waals surface area contributed by atoms with Crippen molar-refractivity contribution in [3.8, 4) is 0 Å². The molecule has 0 saturated carbocycles. The number of urea groups is 1. The summed E-state index contributed by atoms with van der Waals surface area (Å²) in [7, 11) is 0. The van der Waals surface area contributed by atoms with E-state index in [2.05, 4.69) is 10.3 Å². The Bertz CT molecular complexity index is 316. The first-order valence-corrected chi connectivity index (χ1v) is 3.81. The molecule has 1 aliphatic rings. The summed E-state index contributed by atoms with van der Waals surface area (Å²) in [5.41, 5.74) is -1.28. The predicted octanol–water partition coefficient (Wildman–Crippen LogP) is 0.0873. The fraction of sp³-hybridized carbons (Fsp3) is 0.500. The highest BCUT2D eigenvalue weighted by Gasteiger charge is 2.48. The Morgan fingerprint density at radius 1 is 1.31 bits per heavy atom. The third-order valence-electron chi connectivity index (χ3n) is 2.16. The summed E-state index contributed by atoms with van der Waals surface area (Å²) < 4.78 is 0. The van der Waals surface area contributed by atoms with Gasteiger partial charge in [-0.05, 0) is 20.8 Å². The second kappa shape index (κ2) is 2.76. The van der Waals surface area contributed by atoms with Gasteiger partial charge >= 0.3 is 6.03 Å². The summed E-state index contributed by atoms with van der Waals surface area (Å²) >= 11 is 0. The maximum absolute atomic E-state index is 11.2. The Morgan fingerprint density at radius 2 is 1.77 bits per heavy atom. The number of nitrogens with one attached hydrogen (secondary N) is 1. The van der Waals surface area contributed by atoms with Crippen LogP contribution in [0.3, 0.4) is 0 Å². The molecule has 0 saturated heterocycles. The summed E-state index contributed by atoms with van der Waals surface area (Å²) in [6.45, 7) is 4.00. The molecule has 0 atom stereocenters. The maximum atomic E-state index is 11.2. The first kappa shape index (κ1) is 9.57. The highest BCUT2D eigenvalue weighted by atomic mass is 16.2. The number of amides is 2. The van der Waals surface area contributed by atoms with Crippen molar-refractivity contribution in [1.29, 1.82) is 0 Å². The van der Waals surface area contributed by atoms with E-state index in [9.17, 15) is 14.4 Å². The van der Waals surface area contributed by atoms with Crippen LogP contribution in [-0.4, -0.2) is 28.8 Å². The summed E-state index contributed by atoms with van der Waals surface area (Å²) in [5.74, 6) is -0.820. The Hall–Kier alpha value is -1.52. The Morgan fingerprint density at radius 3 is 1.92 bits per heavy atom. The van der Waals surface area contributed by atoms with Crippen LogP contribution in [0.4, 0.5) is 4.79 Å². The summed E-state index contributed by atoms with van der Waals surface area (Å²) in [4.78, 5) is 36.9. The van der Waals surface area contributed by atoms with Crippen LogP contribution in [0.25, 0.3) is 0 Å². The lowest BCUT2D eigenvalue weighted by atomic mass is 9.87. The highest BCUT2D eigenvalue weighted by Crippen LogP contribution is 2.16. The van der Waals surface area contributed by atoms with Crippen LogP contribution in [-0.2, 0) is 9.59 Å². The third-order valence-corrected chi connectivity index (χ3v) is 2.16. The Balaban J connectivity index is 3.24. The third kappa shape index (κ3) is 1.16. The lowest BCUT2D eigenvalue weighted by Gasteiger charge is -2.22. The van der Waals surface area contributed by atoms with Gasteiger partial charge in [0.25, 0.3) is 0 Å². The largest absolute Gasteiger partial charge is 0.342 e. The van der Waals surface area contributed by atoms with Crippen molar-refractivity contribution in [1.82, 2.24) is 5.32 Å². The second-order valence-electron chi connectivity index (χ2n) is 2.99. The SMILES string of the molecule is CC(=O)C1(C(C)=O)NC(=O)N=C1C. The lowest BCUT2D eigenvalue weighted by molar-refractivity contribution is -0.129. The van der Waals surface area contributed by atoms with Crippen LogP contribution in [0.1, 0.15) is 20.8 Å². The van der Waals surface area contributed by atoms with E-state index < -0.39 is 23.1 Å². The van der Waals surface area contributed by atoms with E-state index in [4.69, 9.17) is 0 Å². The van der Waals surface area contributed by atoms with Crippen LogP contribution in [0, 0.1) is 0 Å². The van der Waals surface area contributed by atoms with E-state index in [0.29, 0.717) is 0 Å². The average Bonchev–Trinajstić information content (AvgIpc) is 2.26. The van der Waals surface area contributed by atoms with Crippen molar-refractivity contribution in [3.63, 3.8) is 0 Å². The number of carbonyl (C=O) groups excluding carboxylic acids is 3. The zero-order chi connectivity index (χ0) is 10.2. The standard InChI is InChI=1S/C8H10N2O3/c1-4-8(5(2)11,6(3)12)10-7(13)9-4/h1-3H3,(H,10,13). The number of ketones is 2. The molecule has 1 rings (SSSR count). The van der Waals surface area contributed by atoms with Crippen LogP contribution < -0.4 is 5.32 Å². The van der Waals surface area contributed by atoms with Gasteiger partial charge in [-0.1, -0.05) is 0 Å². The minimum Gasteiger partial charge on any atom is -0.312 e. The number of Topliss-reactive ketones (excluding diaryl/α,β-unsaturated/α-hetero) is 2. The van der Waals surface area contributed by atoms with Gasteiger partial charge in [0.05, 0.1) is 5.71 Å². The van der Waals surface area contributed by atoms with Crippen LogP contribution in [0.5, 0.6) is 0 Å². The number of aliphatic imine (C=N–C) groups is 1. The van der Waals surface area contributed by atoms with Crippen LogP contribution in [0.15, 0.2) is 4.99 Å². The van der Waals surface area contributed by atoms with Crippen molar-refractivity contribution in [2.24, 2.45) is 4.99 Å². The fourth-order valence-corrected chi connectivity index (χ4v) is 1.45. The number of nitrogens with zero attached hydrogens (tertiary/aromatic N) is 1. The first-order valence-electron chi connectivity index (χ1n) is 3.81. The average molecular weight is 182 g/mol. The molecule has 13 heavy (non-hydrogen) atoms. The van der Waals surface area contributed by atoms with E-state index in [1.165, 1.54) is 20.8 Å². The minimum atomic E-state index is -1.50. The van der Waals surface area contributed by atoms with Gasteiger partial charge in [-0.25, -0.2) is 4.79 Å². The van der Waals surface area contributed by atoms with Gasteiger partial charge < -0.3 is 5.32 Å². The molecule has 1 aliphatic heterocycles. The molecule has 0 bridgehead atoms. The van der Waals surface area contributed by atoms with Crippen molar-refractivity contribution >= 4 is 23.3 Å². The zero-order valence-corrected chi connectivity index (χ0v) is 7.67. The molecule has 0 radical (unpaired) electrons. The Kier molecular flexibility index (Phi) is 2.03. The number of rotatable bonds is 2. The predicted molar refractivity (Wildman–Crippen MR) is 45.7 cm³/mol. The van der Waals surface area contributed by atoms with Gasteiger partial charge in [0.15, 0.2) is 17.1 Å². The van der Waals surface area contributed by atoms with Crippen molar-refractivity contribution in [3.05, 3.63) is 0 Å². The molecule has 0 unspecified atom stereocenters. The molecule has 0 spiro atoms. The van der Waals surface area contributed by atoms with Gasteiger partial charge in [-0.3, -0.25) is 9.59 Å². The zero-order valence-electron chi connectivity index (χ0n) is 7.67. The van der Waals surface area contributed by atoms with Gasteiger partial charge in [0, 0.05) is 0 Å². The number of hydrogen-bond acceptors (Lipinski definition) is 3. The number of carbonyl (C=O) groups is 3. The summed E-state index contributed by atoms with van der Waals surface area (Å²) in [6, 6.07) is -0.636. The van der Waals surface area contributed by atoms with Gasteiger partial charge in [0.1, 0.15) is 0 Å². The molecule has 5 nitrogen and oxygen atoms in total. The molecular formula is C8H10N2O3. The highest BCUT2D eigenvalue weighted by molar-refractivity contribution is 6.34. The van der Waals surface area contributed by atoms with Crippen molar-refractivity contribution in [2.75, 3.05) is 0 Å². The van der Waals surface area contributed by atoms with Gasteiger partial charge in [0.2, 0.25) is 0 Å². The van der Waals surface area contributed by atoms with Crippen LogP contribution >= 0.6 is 0 Å². The molecule has 0 aromatic rings. The topological polar surface area (TPSA) is 75.6 Å². The summed E-state index contributed by atoms with van der Waals surface area (Å²) in [6.07, 6.45) is 0. The Labute approximate surface area is 75.2 Å². The van der Waals surface area contributed by atoms with Crippen molar-refractivity contribution < 1.29 is 14.4 Å². The molecular weight excluding hydrogens is 172 g/mol. The molecule has 0 aromatic heterocycles. The molecule has 0 aromatic carbocycles. The van der Waals surface area contributed by atoms with E-state index >= 15 is 0 Å². The van der Waals surface area contributed by atoms with E-state index in [0.717, 1.165) is 0 Å². The van der Waals surface area contributed by atoms with E-state index in [1.807, 2.05) is 0 Å². The second-order valence-corrected chi connectivity index (χ2v) is 2.99. The van der Waals surface area contributed by atoms with Gasteiger partial charge in [-0.2, -0.15) is 4.99 Å². The molecule has 1 N–H and O–H groups in total. The smallest absolute Gasteiger partial charge is 0.312 e. The number of hydrogen-bond donors (Lipinski definition) is 1. The molecule has 0 fully saturated rings. The monoisotopic (exact) mass is 182 g/mol. The molecule has 0 aliphatic carbocycles. The minimum absolute atomic E-state index is 0.220. The molecule has 2 amide bonds. The molecule has 70 valence electrons. The summed E-state index contributed by atoms with van der Waals surface area (Å²) in [5, 5.41) is 2.27. The molecule has 5 heteroatoms. The first-order chi connectivity index (χ1) is 5.91. The quantitative estimate of drug-likeness (QED) is 0.615. The fourth-order valence-electron chi connectivity index (χ4n) is 1.45. The van der Waals surface area contributed by atoms with E-state index in [1.54, 1.807) is 0 Å². The lowest BCUT2D eigenvalue weighted by Crippen LogP contribution is -2.58. The molecule has 1 heterocycles. The maximum Gasteiger partial charge on any atom is 0.342 e. The van der Waals surface area contributed by atoms with E-state index in [-0.39, 0.29) is 5.71 Å². The van der Waals surface area contributed by atoms with Crippen molar-refractivity contribution in [2.45, 2.75) is 26.3 Å². The van der Waals surface area contributed by atoms with Gasteiger partial charge in [-0.15, -0.1) is 0 Å². The normalized spacial score (nSPS) is 19.3. The van der Waals surface area contributed by atoms with Crippen LogP contribution in [0.2, 0.25) is 0 Å².